The number of piperazine rings is 1. The van der Waals surface area contributed by atoms with Crippen molar-refractivity contribution in [2.45, 2.75) is 4.90 Å². The van der Waals surface area contributed by atoms with Gasteiger partial charge < -0.3 is 16.0 Å². The number of halogens is 2. The molecule has 2 aromatic carbocycles. The van der Waals surface area contributed by atoms with Crippen LogP contribution in [0.25, 0.3) is 0 Å². The van der Waals surface area contributed by atoms with Crippen LogP contribution in [0.15, 0.2) is 47.4 Å². The molecule has 0 aromatic heterocycles. The molecule has 160 valence electrons. The molecule has 0 spiro atoms. The summed E-state index contributed by atoms with van der Waals surface area (Å²) < 4.78 is 53.3. The number of nitrogens with one attached hydrogen (secondary N) is 1. The standard InChI is InChI=1S/C19H20F2N4O4S/c20-13-2-1-3-15(10-13)30(28,29)25-8-6-24(7-9-25)18(26)12-23-14-4-5-17(21)16(11-14)19(22)27/h1-5,10-11,23H,6-9,12H2,(H2,22,27). The van der Waals surface area contributed by atoms with Gasteiger partial charge in [0.15, 0.2) is 0 Å². The van der Waals surface area contributed by atoms with Crippen molar-refractivity contribution in [2.24, 2.45) is 5.73 Å². The fourth-order valence-electron chi connectivity index (χ4n) is 3.07. The highest BCUT2D eigenvalue weighted by atomic mass is 32.2. The number of amides is 2. The lowest BCUT2D eigenvalue weighted by Gasteiger charge is -2.34. The molecule has 1 aliphatic rings. The maximum absolute atomic E-state index is 13.5. The average molecular weight is 438 g/mol. The van der Waals surface area contributed by atoms with Crippen molar-refractivity contribution in [3.63, 3.8) is 0 Å². The SMILES string of the molecule is NC(=O)c1cc(NCC(=O)N2CCN(S(=O)(=O)c3cccc(F)c3)CC2)ccc1F. The lowest BCUT2D eigenvalue weighted by atomic mass is 10.2. The Balaban J connectivity index is 1.57. The molecule has 11 heteroatoms. The molecule has 1 aliphatic heterocycles. The third kappa shape index (κ3) is 4.74. The van der Waals surface area contributed by atoms with E-state index in [0.717, 1.165) is 18.2 Å². The lowest BCUT2D eigenvalue weighted by Crippen LogP contribution is -2.51. The zero-order chi connectivity index (χ0) is 21.9. The number of rotatable bonds is 6. The first-order valence-electron chi connectivity index (χ1n) is 9.05. The van der Waals surface area contributed by atoms with E-state index >= 15 is 0 Å². The Morgan fingerprint density at radius 1 is 1.03 bits per heavy atom. The highest BCUT2D eigenvalue weighted by molar-refractivity contribution is 7.89. The van der Waals surface area contributed by atoms with E-state index in [2.05, 4.69) is 5.32 Å². The Labute approximate surface area is 172 Å². The van der Waals surface area contributed by atoms with E-state index in [1.165, 1.54) is 33.5 Å². The summed E-state index contributed by atoms with van der Waals surface area (Å²) in [5.74, 6) is -2.60. The van der Waals surface area contributed by atoms with Crippen LogP contribution in [0.4, 0.5) is 14.5 Å². The molecule has 0 saturated carbocycles. The molecular formula is C19H20F2N4O4S. The predicted octanol–water partition coefficient (Wildman–Crippen LogP) is 1.01. The minimum atomic E-state index is -3.85. The number of benzene rings is 2. The molecule has 3 N–H and O–H groups in total. The van der Waals surface area contributed by atoms with Gasteiger partial charge in [-0.2, -0.15) is 4.31 Å². The Morgan fingerprint density at radius 2 is 1.73 bits per heavy atom. The number of primary amides is 1. The number of sulfonamides is 1. The summed E-state index contributed by atoms with van der Waals surface area (Å²) in [6.45, 7) is 0.371. The van der Waals surface area contributed by atoms with Crippen molar-refractivity contribution in [3.8, 4) is 0 Å². The summed E-state index contributed by atoms with van der Waals surface area (Å²) >= 11 is 0. The molecular weight excluding hydrogens is 418 g/mol. The molecule has 8 nitrogen and oxygen atoms in total. The van der Waals surface area contributed by atoms with E-state index in [1.54, 1.807) is 0 Å². The second-order valence-corrected chi connectivity index (χ2v) is 8.59. The molecule has 0 bridgehead atoms. The molecule has 1 heterocycles. The largest absolute Gasteiger partial charge is 0.376 e. The molecule has 0 radical (unpaired) electrons. The van der Waals surface area contributed by atoms with E-state index in [-0.39, 0.29) is 49.1 Å². The van der Waals surface area contributed by atoms with Crippen LogP contribution < -0.4 is 11.1 Å². The molecule has 0 unspecified atom stereocenters. The summed E-state index contributed by atoms with van der Waals surface area (Å²) in [4.78, 5) is 25.0. The molecule has 30 heavy (non-hydrogen) atoms. The molecule has 3 rings (SSSR count). The van der Waals surface area contributed by atoms with Gasteiger partial charge in [-0.1, -0.05) is 6.07 Å². The Kier molecular flexibility index (Phi) is 6.32. The van der Waals surface area contributed by atoms with E-state index < -0.39 is 27.6 Å². The van der Waals surface area contributed by atoms with Crippen LogP contribution in [0.1, 0.15) is 10.4 Å². The number of hydrogen-bond donors (Lipinski definition) is 2. The van der Waals surface area contributed by atoms with Crippen LogP contribution in [-0.2, 0) is 14.8 Å². The van der Waals surface area contributed by atoms with Gasteiger partial charge in [-0.15, -0.1) is 0 Å². The third-order valence-corrected chi connectivity index (χ3v) is 6.60. The Bertz CT molecular complexity index is 1070. The smallest absolute Gasteiger partial charge is 0.251 e. The van der Waals surface area contributed by atoms with Crippen LogP contribution in [-0.4, -0.2) is 62.2 Å². The van der Waals surface area contributed by atoms with Crippen molar-refractivity contribution in [2.75, 3.05) is 38.0 Å². The molecule has 2 aromatic rings. The fourth-order valence-corrected chi connectivity index (χ4v) is 4.52. The van der Waals surface area contributed by atoms with E-state index in [1.807, 2.05) is 0 Å². The Morgan fingerprint density at radius 3 is 2.37 bits per heavy atom. The molecule has 0 aliphatic carbocycles. The van der Waals surface area contributed by atoms with Gasteiger partial charge in [-0.25, -0.2) is 17.2 Å². The van der Waals surface area contributed by atoms with Gasteiger partial charge >= 0.3 is 0 Å². The van der Waals surface area contributed by atoms with Crippen molar-refractivity contribution in [1.82, 2.24) is 9.21 Å². The highest BCUT2D eigenvalue weighted by Gasteiger charge is 2.30. The molecule has 1 fully saturated rings. The number of nitrogens with two attached hydrogens (primary N) is 1. The second kappa shape index (κ2) is 8.76. The number of hydrogen-bond acceptors (Lipinski definition) is 5. The monoisotopic (exact) mass is 438 g/mol. The van der Waals surface area contributed by atoms with Crippen LogP contribution in [0.2, 0.25) is 0 Å². The van der Waals surface area contributed by atoms with Crippen LogP contribution >= 0.6 is 0 Å². The van der Waals surface area contributed by atoms with Crippen molar-refractivity contribution < 1.29 is 26.8 Å². The Hall–Kier alpha value is -3.05. The van der Waals surface area contributed by atoms with E-state index in [9.17, 15) is 26.8 Å². The summed E-state index contributed by atoms with van der Waals surface area (Å²) in [7, 11) is -3.85. The predicted molar refractivity (Wildman–Crippen MR) is 105 cm³/mol. The lowest BCUT2D eigenvalue weighted by molar-refractivity contribution is -0.130. The third-order valence-electron chi connectivity index (χ3n) is 4.70. The summed E-state index contributed by atoms with van der Waals surface area (Å²) in [5.41, 5.74) is 5.16. The zero-order valence-corrected chi connectivity index (χ0v) is 16.7. The summed E-state index contributed by atoms with van der Waals surface area (Å²) in [6.07, 6.45) is 0. The first-order chi connectivity index (χ1) is 14.2. The van der Waals surface area contributed by atoms with E-state index in [4.69, 9.17) is 5.73 Å². The fraction of sp³-hybridized carbons (Fsp3) is 0.263. The van der Waals surface area contributed by atoms with Gasteiger partial charge in [0.05, 0.1) is 17.0 Å². The molecule has 0 atom stereocenters. The maximum Gasteiger partial charge on any atom is 0.251 e. The quantitative estimate of drug-likeness (QED) is 0.699. The van der Waals surface area contributed by atoms with Crippen LogP contribution in [0, 0.1) is 11.6 Å². The first kappa shape index (κ1) is 21.7. The van der Waals surface area contributed by atoms with Crippen LogP contribution in [0.5, 0.6) is 0 Å². The number of carbonyl (C=O) groups is 2. The summed E-state index contributed by atoms with van der Waals surface area (Å²) in [6, 6.07) is 8.43. The van der Waals surface area contributed by atoms with E-state index in [0.29, 0.717) is 5.69 Å². The highest BCUT2D eigenvalue weighted by Crippen LogP contribution is 2.19. The summed E-state index contributed by atoms with van der Waals surface area (Å²) in [5, 5.41) is 2.80. The number of carbonyl (C=O) groups excluding carboxylic acids is 2. The zero-order valence-electron chi connectivity index (χ0n) is 15.8. The van der Waals surface area contributed by atoms with Crippen molar-refractivity contribution in [1.29, 1.82) is 0 Å². The minimum Gasteiger partial charge on any atom is -0.376 e. The second-order valence-electron chi connectivity index (χ2n) is 6.65. The maximum atomic E-state index is 13.5. The van der Waals surface area contributed by atoms with Gasteiger partial charge in [-0.3, -0.25) is 9.59 Å². The van der Waals surface area contributed by atoms with Gasteiger partial charge in [-0.05, 0) is 36.4 Å². The molecule has 2 amide bonds. The van der Waals surface area contributed by atoms with Crippen molar-refractivity contribution >= 4 is 27.5 Å². The number of nitrogens with zero attached hydrogens (tertiary/aromatic N) is 2. The normalized spacial score (nSPS) is 15.1. The van der Waals surface area contributed by atoms with Crippen LogP contribution in [0.3, 0.4) is 0 Å². The van der Waals surface area contributed by atoms with Crippen molar-refractivity contribution in [3.05, 3.63) is 59.7 Å². The average Bonchev–Trinajstić information content (AvgIpc) is 2.72. The van der Waals surface area contributed by atoms with Gasteiger partial charge in [0, 0.05) is 31.9 Å². The van der Waals surface area contributed by atoms with Gasteiger partial charge in [0.1, 0.15) is 11.6 Å². The topological polar surface area (TPSA) is 113 Å². The van der Waals surface area contributed by atoms with Gasteiger partial charge in [0.2, 0.25) is 15.9 Å². The number of anilines is 1. The molecule has 1 saturated heterocycles. The first-order valence-corrected chi connectivity index (χ1v) is 10.5. The van der Waals surface area contributed by atoms with Gasteiger partial charge in [0.25, 0.3) is 5.91 Å². The minimum absolute atomic E-state index is 0.0763.